The van der Waals surface area contributed by atoms with Crippen LogP contribution in [0.2, 0.25) is 0 Å². The number of nitrogens with one attached hydrogen (secondary N) is 1. The summed E-state index contributed by atoms with van der Waals surface area (Å²) in [6.45, 7) is 3.88. The lowest BCUT2D eigenvalue weighted by molar-refractivity contribution is 0.967. The topological polar surface area (TPSA) is 45.8 Å². The molecule has 0 unspecified atom stereocenters. The summed E-state index contributed by atoms with van der Waals surface area (Å²) < 4.78 is 0. The molecule has 0 spiro atoms. The van der Waals surface area contributed by atoms with Crippen LogP contribution in [0.3, 0.4) is 0 Å². The third-order valence-corrected chi connectivity index (χ3v) is 3.78. The average molecular weight is 254 g/mol. The van der Waals surface area contributed by atoms with Gasteiger partial charge >= 0.3 is 0 Å². The molecule has 1 aromatic carbocycles. The summed E-state index contributed by atoms with van der Waals surface area (Å²) in [5.41, 5.74) is 3.96. The van der Waals surface area contributed by atoms with E-state index >= 15 is 0 Å². The third kappa shape index (κ3) is 2.33. The first-order valence-electron chi connectivity index (χ1n) is 6.89. The highest BCUT2D eigenvalue weighted by atomic mass is 16.1. The van der Waals surface area contributed by atoms with E-state index < -0.39 is 0 Å². The van der Waals surface area contributed by atoms with Gasteiger partial charge in [0, 0.05) is 16.8 Å². The van der Waals surface area contributed by atoms with E-state index in [-0.39, 0.29) is 5.56 Å². The summed E-state index contributed by atoms with van der Waals surface area (Å²) in [5.74, 6) is 1.39. The smallest absolute Gasteiger partial charge is 0.254 e. The Bertz CT molecular complexity index is 669. The molecule has 0 atom stereocenters. The van der Waals surface area contributed by atoms with Crippen LogP contribution >= 0.6 is 0 Å². The minimum Gasteiger partial charge on any atom is -0.306 e. The molecule has 0 bridgehead atoms. The number of hydrogen-bond donors (Lipinski definition) is 1. The van der Waals surface area contributed by atoms with Crippen LogP contribution < -0.4 is 5.56 Å². The molecular formula is C16H18N2O. The number of rotatable bonds is 3. The lowest BCUT2D eigenvalue weighted by Crippen LogP contribution is -2.16. The largest absolute Gasteiger partial charge is 0.306 e. The maximum Gasteiger partial charge on any atom is 0.254 e. The zero-order valence-electron chi connectivity index (χ0n) is 11.4. The van der Waals surface area contributed by atoms with Gasteiger partial charge in [0.05, 0.1) is 0 Å². The average Bonchev–Trinajstić information content (AvgIpc) is 3.23. The molecule has 0 aliphatic heterocycles. The van der Waals surface area contributed by atoms with Gasteiger partial charge in [0.25, 0.3) is 5.56 Å². The van der Waals surface area contributed by atoms with Crippen LogP contribution in [-0.2, 0) is 6.42 Å². The van der Waals surface area contributed by atoms with Crippen molar-refractivity contribution in [3.63, 3.8) is 0 Å². The highest BCUT2D eigenvalue weighted by Gasteiger charge is 2.23. The number of aromatic amines is 1. The van der Waals surface area contributed by atoms with Crippen LogP contribution in [0.25, 0.3) is 11.4 Å². The summed E-state index contributed by atoms with van der Waals surface area (Å²) in [5, 5.41) is 0. The Morgan fingerprint density at radius 1 is 1.37 bits per heavy atom. The van der Waals surface area contributed by atoms with Gasteiger partial charge in [-0.25, -0.2) is 4.98 Å². The van der Waals surface area contributed by atoms with E-state index in [9.17, 15) is 4.79 Å². The lowest BCUT2D eigenvalue weighted by Gasteiger charge is -2.07. The summed E-state index contributed by atoms with van der Waals surface area (Å²) in [4.78, 5) is 19.4. The number of aryl methyl sites for hydroxylation is 1. The quantitative estimate of drug-likeness (QED) is 0.914. The molecule has 0 amide bonds. The molecule has 1 saturated carbocycles. The van der Waals surface area contributed by atoms with E-state index in [0.29, 0.717) is 11.7 Å². The van der Waals surface area contributed by atoms with Crippen molar-refractivity contribution < 1.29 is 0 Å². The number of hydrogen-bond acceptors (Lipinski definition) is 2. The maximum absolute atomic E-state index is 12.0. The van der Waals surface area contributed by atoms with Crippen molar-refractivity contribution in [3.8, 4) is 11.4 Å². The minimum absolute atomic E-state index is 0.0122. The molecule has 2 aromatic rings. The lowest BCUT2D eigenvalue weighted by atomic mass is 10.1. The van der Waals surface area contributed by atoms with Gasteiger partial charge in [-0.15, -0.1) is 0 Å². The summed E-state index contributed by atoms with van der Waals surface area (Å²) in [6, 6.07) is 8.37. The van der Waals surface area contributed by atoms with Gasteiger partial charge in [0.1, 0.15) is 5.82 Å². The van der Waals surface area contributed by atoms with Gasteiger partial charge in [0.2, 0.25) is 0 Å². The normalized spacial score (nSPS) is 14.6. The van der Waals surface area contributed by atoms with Crippen molar-refractivity contribution in [2.45, 2.75) is 39.0 Å². The van der Waals surface area contributed by atoms with E-state index in [4.69, 9.17) is 0 Å². The molecule has 1 heterocycles. The Labute approximate surface area is 112 Å². The standard InChI is InChI=1S/C16H18N2O/c1-3-14-10(2)17-15(18-16(14)19)13-6-4-5-12(9-13)11-7-8-11/h4-6,9,11H,3,7-8H2,1-2H3,(H,17,18,19). The Balaban J connectivity index is 2.06. The van der Waals surface area contributed by atoms with Crippen LogP contribution in [0.5, 0.6) is 0 Å². The second-order valence-corrected chi connectivity index (χ2v) is 5.23. The summed E-state index contributed by atoms with van der Waals surface area (Å²) in [7, 11) is 0. The van der Waals surface area contributed by atoms with Gasteiger partial charge in [-0.05, 0) is 43.7 Å². The molecule has 1 aliphatic carbocycles. The predicted octanol–water partition coefficient (Wildman–Crippen LogP) is 3.19. The van der Waals surface area contributed by atoms with E-state index in [1.54, 1.807) is 0 Å². The van der Waals surface area contributed by atoms with E-state index in [2.05, 4.69) is 22.1 Å². The molecule has 0 saturated heterocycles. The second-order valence-electron chi connectivity index (χ2n) is 5.23. The van der Waals surface area contributed by atoms with Gasteiger partial charge in [-0.3, -0.25) is 4.79 Å². The Hall–Kier alpha value is -1.90. The van der Waals surface area contributed by atoms with Crippen molar-refractivity contribution in [1.29, 1.82) is 0 Å². The van der Waals surface area contributed by atoms with Crippen molar-refractivity contribution in [1.82, 2.24) is 9.97 Å². The summed E-state index contributed by atoms with van der Waals surface area (Å²) in [6.07, 6.45) is 3.28. The maximum atomic E-state index is 12.0. The minimum atomic E-state index is -0.0122. The van der Waals surface area contributed by atoms with E-state index in [0.717, 1.165) is 23.2 Å². The molecule has 19 heavy (non-hydrogen) atoms. The Morgan fingerprint density at radius 3 is 2.79 bits per heavy atom. The molecule has 3 nitrogen and oxygen atoms in total. The Kier molecular flexibility index (Phi) is 2.97. The van der Waals surface area contributed by atoms with Crippen LogP contribution in [0, 0.1) is 6.92 Å². The Morgan fingerprint density at radius 2 is 2.16 bits per heavy atom. The highest BCUT2D eigenvalue weighted by Crippen LogP contribution is 2.40. The van der Waals surface area contributed by atoms with Gasteiger partial charge in [0.15, 0.2) is 0 Å². The molecule has 1 aromatic heterocycles. The monoisotopic (exact) mass is 254 g/mol. The fourth-order valence-electron chi connectivity index (χ4n) is 2.52. The molecule has 3 rings (SSSR count). The molecule has 1 fully saturated rings. The van der Waals surface area contributed by atoms with E-state index in [1.807, 2.05) is 26.0 Å². The van der Waals surface area contributed by atoms with Crippen LogP contribution in [0.15, 0.2) is 29.1 Å². The molecule has 1 N–H and O–H groups in total. The van der Waals surface area contributed by atoms with Crippen LogP contribution in [0.4, 0.5) is 0 Å². The molecular weight excluding hydrogens is 236 g/mol. The molecule has 3 heteroatoms. The SMILES string of the molecule is CCc1c(C)nc(-c2cccc(C3CC3)c2)[nH]c1=O. The summed E-state index contributed by atoms with van der Waals surface area (Å²) >= 11 is 0. The fourth-order valence-corrected chi connectivity index (χ4v) is 2.52. The van der Waals surface area contributed by atoms with Gasteiger partial charge in [-0.2, -0.15) is 0 Å². The van der Waals surface area contributed by atoms with Gasteiger partial charge in [-0.1, -0.05) is 25.1 Å². The number of benzene rings is 1. The highest BCUT2D eigenvalue weighted by molar-refractivity contribution is 5.57. The fraction of sp³-hybridized carbons (Fsp3) is 0.375. The first-order valence-corrected chi connectivity index (χ1v) is 6.89. The third-order valence-electron chi connectivity index (χ3n) is 3.78. The first kappa shape index (κ1) is 12.2. The number of nitrogens with zero attached hydrogens (tertiary/aromatic N) is 1. The molecule has 1 aliphatic rings. The van der Waals surface area contributed by atoms with Crippen molar-refractivity contribution in [2.24, 2.45) is 0 Å². The van der Waals surface area contributed by atoms with Crippen LogP contribution in [-0.4, -0.2) is 9.97 Å². The zero-order valence-corrected chi connectivity index (χ0v) is 11.4. The van der Waals surface area contributed by atoms with Crippen molar-refractivity contribution in [3.05, 3.63) is 51.4 Å². The molecule has 0 radical (unpaired) electrons. The number of aromatic nitrogens is 2. The van der Waals surface area contributed by atoms with Crippen molar-refractivity contribution in [2.75, 3.05) is 0 Å². The second kappa shape index (κ2) is 4.65. The van der Waals surface area contributed by atoms with Crippen molar-refractivity contribution >= 4 is 0 Å². The predicted molar refractivity (Wildman–Crippen MR) is 76.4 cm³/mol. The zero-order chi connectivity index (χ0) is 13.4. The number of H-pyrrole nitrogens is 1. The van der Waals surface area contributed by atoms with E-state index in [1.165, 1.54) is 18.4 Å². The first-order chi connectivity index (χ1) is 9.19. The van der Waals surface area contributed by atoms with Gasteiger partial charge < -0.3 is 4.98 Å². The molecule has 98 valence electrons. The van der Waals surface area contributed by atoms with Crippen LogP contribution in [0.1, 0.15) is 42.5 Å².